The molecule has 17 heavy (non-hydrogen) atoms. The van der Waals surface area contributed by atoms with E-state index in [1.54, 1.807) is 12.4 Å². The van der Waals surface area contributed by atoms with Crippen molar-refractivity contribution >= 4 is 31.9 Å². The zero-order valence-corrected chi connectivity index (χ0v) is 12.3. The van der Waals surface area contributed by atoms with Crippen LogP contribution in [0.3, 0.4) is 0 Å². The van der Waals surface area contributed by atoms with Gasteiger partial charge in [-0.2, -0.15) is 5.10 Å². The third-order valence-corrected chi connectivity index (χ3v) is 3.37. The molecule has 4 nitrogen and oxygen atoms in total. The van der Waals surface area contributed by atoms with Crippen LogP contribution in [-0.4, -0.2) is 21.3 Å². The van der Waals surface area contributed by atoms with Crippen molar-refractivity contribution in [2.75, 3.05) is 6.54 Å². The third-order valence-electron chi connectivity index (χ3n) is 2.25. The van der Waals surface area contributed by atoms with E-state index in [-0.39, 0.29) is 0 Å². The predicted molar refractivity (Wildman–Crippen MR) is 73.6 cm³/mol. The van der Waals surface area contributed by atoms with Crippen molar-refractivity contribution in [3.8, 4) is 0 Å². The zero-order valence-electron chi connectivity index (χ0n) is 9.11. The van der Waals surface area contributed by atoms with Gasteiger partial charge in [-0.1, -0.05) is 0 Å². The van der Waals surface area contributed by atoms with Crippen LogP contribution >= 0.6 is 31.9 Å². The minimum absolute atomic E-state index is 0.745. The summed E-state index contributed by atoms with van der Waals surface area (Å²) < 4.78 is 3.89. The number of aromatic nitrogens is 3. The summed E-state index contributed by atoms with van der Waals surface area (Å²) in [6, 6.07) is 3.92. The highest BCUT2D eigenvalue weighted by Gasteiger charge is 2.01. The molecule has 0 aliphatic rings. The highest BCUT2D eigenvalue weighted by atomic mass is 79.9. The van der Waals surface area contributed by atoms with Gasteiger partial charge in [-0.25, -0.2) is 0 Å². The van der Waals surface area contributed by atoms with Crippen molar-refractivity contribution in [1.82, 2.24) is 20.1 Å². The van der Waals surface area contributed by atoms with Crippen molar-refractivity contribution in [2.24, 2.45) is 0 Å². The summed E-state index contributed by atoms with van der Waals surface area (Å²) in [5.74, 6) is 0. The van der Waals surface area contributed by atoms with Crippen LogP contribution in [0.5, 0.6) is 0 Å². The summed E-state index contributed by atoms with van der Waals surface area (Å²) in [6.07, 6.45) is 5.54. The molecule has 6 heteroatoms. The standard InChI is InChI=1S/C11H12Br2N4/c12-9-6-10(13)11(15-7-9)8-14-3-5-17-4-1-2-16-17/h1-2,4,6-7,14H,3,5,8H2. The van der Waals surface area contributed by atoms with Crippen molar-refractivity contribution in [1.29, 1.82) is 0 Å². The van der Waals surface area contributed by atoms with Gasteiger partial charge < -0.3 is 5.32 Å². The van der Waals surface area contributed by atoms with Crippen LogP contribution in [-0.2, 0) is 13.1 Å². The Morgan fingerprint density at radius 2 is 2.24 bits per heavy atom. The number of hydrogen-bond donors (Lipinski definition) is 1. The summed E-state index contributed by atoms with van der Waals surface area (Å²) >= 11 is 6.87. The summed E-state index contributed by atoms with van der Waals surface area (Å²) in [4.78, 5) is 4.33. The lowest BCUT2D eigenvalue weighted by atomic mass is 10.3. The highest BCUT2D eigenvalue weighted by molar-refractivity contribution is 9.11. The van der Waals surface area contributed by atoms with E-state index in [0.717, 1.165) is 34.3 Å². The fourth-order valence-electron chi connectivity index (χ4n) is 1.41. The summed E-state index contributed by atoms with van der Waals surface area (Å²) in [5, 5.41) is 7.47. The maximum atomic E-state index is 4.33. The summed E-state index contributed by atoms with van der Waals surface area (Å²) in [5.41, 5.74) is 1.01. The maximum absolute atomic E-state index is 4.33. The maximum Gasteiger partial charge on any atom is 0.0684 e. The van der Waals surface area contributed by atoms with Crippen molar-refractivity contribution in [3.63, 3.8) is 0 Å². The van der Waals surface area contributed by atoms with Crippen LogP contribution in [0.4, 0.5) is 0 Å². The zero-order chi connectivity index (χ0) is 12.1. The first-order chi connectivity index (χ1) is 8.25. The van der Waals surface area contributed by atoms with E-state index in [9.17, 15) is 0 Å². The van der Waals surface area contributed by atoms with E-state index in [2.05, 4.69) is 47.3 Å². The molecule has 0 saturated carbocycles. The number of pyridine rings is 1. The summed E-state index contributed by atoms with van der Waals surface area (Å²) in [6.45, 7) is 2.47. The van der Waals surface area contributed by atoms with Gasteiger partial charge in [0.2, 0.25) is 0 Å². The van der Waals surface area contributed by atoms with Crippen LogP contribution in [0.15, 0.2) is 39.7 Å². The topological polar surface area (TPSA) is 42.7 Å². The van der Waals surface area contributed by atoms with Crippen molar-refractivity contribution in [2.45, 2.75) is 13.1 Å². The van der Waals surface area contributed by atoms with E-state index in [0.29, 0.717) is 0 Å². The molecule has 0 aromatic carbocycles. The Morgan fingerprint density at radius 3 is 2.94 bits per heavy atom. The molecule has 0 fully saturated rings. The average Bonchev–Trinajstić information content (AvgIpc) is 2.79. The van der Waals surface area contributed by atoms with Crippen LogP contribution in [0.25, 0.3) is 0 Å². The SMILES string of the molecule is Brc1cnc(CNCCn2cccn2)c(Br)c1. The Kier molecular flexibility index (Phi) is 4.70. The molecule has 0 saturated heterocycles. The van der Waals surface area contributed by atoms with Crippen LogP contribution in [0.1, 0.15) is 5.69 Å². The number of rotatable bonds is 5. The molecule has 0 aliphatic carbocycles. The molecule has 1 N–H and O–H groups in total. The predicted octanol–water partition coefficient (Wildman–Crippen LogP) is 2.59. The van der Waals surface area contributed by atoms with Gasteiger partial charge in [-0.05, 0) is 44.0 Å². The van der Waals surface area contributed by atoms with E-state index in [1.165, 1.54) is 0 Å². The first-order valence-electron chi connectivity index (χ1n) is 5.24. The molecule has 2 heterocycles. The third kappa shape index (κ3) is 3.90. The fourth-order valence-corrected chi connectivity index (χ4v) is 2.53. The average molecular weight is 360 g/mol. The highest BCUT2D eigenvalue weighted by Crippen LogP contribution is 2.19. The number of hydrogen-bond acceptors (Lipinski definition) is 3. The van der Waals surface area contributed by atoms with Gasteiger partial charge in [0.25, 0.3) is 0 Å². The Hall–Kier alpha value is -0.720. The van der Waals surface area contributed by atoms with Crippen molar-refractivity contribution in [3.05, 3.63) is 45.4 Å². The van der Waals surface area contributed by atoms with Crippen molar-refractivity contribution < 1.29 is 0 Å². The molecule has 0 amide bonds. The fraction of sp³-hybridized carbons (Fsp3) is 0.273. The molecule has 0 spiro atoms. The van der Waals surface area contributed by atoms with Crippen LogP contribution in [0.2, 0.25) is 0 Å². The monoisotopic (exact) mass is 358 g/mol. The minimum atomic E-state index is 0.745. The smallest absolute Gasteiger partial charge is 0.0684 e. The van der Waals surface area contributed by atoms with Gasteiger partial charge in [-0.15, -0.1) is 0 Å². The van der Waals surface area contributed by atoms with Gasteiger partial charge >= 0.3 is 0 Å². The second-order valence-corrected chi connectivity index (χ2v) is 5.30. The molecule has 2 aromatic heterocycles. The normalized spacial score (nSPS) is 10.7. The molecule has 2 aromatic rings. The first kappa shape index (κ1) is 12.7. The van der Waals surface area contributed by atoms with Gasteiger partial charge in [0.05, 0.1) is 12.2 Å². The molecule has 2 rings (SSSR count). The van der Waals surface area contributed by atoms with E-state index in [4.69, 9.17) is 0 Å². The molecular weight excluding hydrogens is 348 g/mol. The Morgan fingerprint density at radius 1 is 1.35 bits per heavy atom. The van der Waals surface area contributed by atoms with Gasteiger partial charge in [0, 0.05) is 40.6 Å². The lowest BCUT2D eigenvalue weighted by Gasteiger charge is -2.06. The molecule has 0 bridgehead atoms. The molecule has 0 unspecified atom stereocenters. The Balaban J connectivity index is 1.78. The lowest BCUT2D eigenvalue weighted by molar-refractivity contribution is 0.551. The number of halogens is 2. The quantitative estimate of drug-likeness (QED) is 0.834. The van der Waals surface area contributed by atoms with Gasteiger partial charge in [0.1, 0.15) is 0 Å². The molecular formula is C11H12Br2N4. The van der Waals surface area contributed by atoms with E-state index < -0.39 is 0 Å². The van der Waals surface area contributed by atoms with Crippen LogP contribution in [0, 0.1) is 0 Å². The largest absolute Gasteiger partial charge is 0.309 e. The minimum Gasteiger partial charge on any atom is -0.309 e. The lowest BCUT2D eigenvalue weighted by Crippen LogP contribution is -2.20. The van der Waals surface area contributed by atoms with Gasteiger partial charge in [-0.3, -0.25) is 9.67 Å². The Labute approximate surface area is 117 Å². The molecule has 0 atom stereocenters. The molecule has 90 valence electrons. The Bertz CT molecular complexity index is 470. The van der Waals surface area contributed by atoms with Gasteiger partial charge in [0.15, 0.2) is 0 Å². The van der Waals surface area contributed by atoms with E-state index in [1.807, 2.05) is 23.0 Å². The second kappa shape index (κ2) is 6.28. The second-order valence-electron chi connectivity index (χ2n) is 3.53. The van der Waals surface area contributed by atoms with E-state index >= 15 is 0 Å². The first-order valence-corrected chi connectivity index (χ1v) is 6.82. The molecule has 0 aliphatic heterocycles. The number of nitrogens with one attached hydrogen (secondary N) is 1. The van der Waals surface area contributed by atoms with Crippen LogP contribution < -0.4 is 5.32 Å². The number of nitrogens with zero attached hydrogens (tertiary/aromatic N) is 3. The summed E-state index contributed by atoms with van der Waals surface area (Å²) in [7, 11) is 0. The molecule has 0 radical (unpaired) electrons.